The quantitative estimate of drug-likeness (QED) is 0.715. The number of ether oxygens (including phenoxy) is 1. The lowest BCUT2D eigenvalue weighted by Gasteiger charge is -2.15. The van der Waals surface area contributed by atoms with E-state index in [2.05, 4.69) is 24.1 Å². The van der Waals surface area contributed by atoms with Gasteiger partial charge in [-0.3, -0.25) is 0 Å². The summed E-state index contributed by atoms with van der Waals surface area (Å²) >= 11 is 0. The number of methoxy groups -OCH3 is 1. The number of nitrogens with two attached hydrogens (primary N) is 1. The molecule has 1 aromatic rings. The molecule has 2 N–H and O–H groups in total. The molecule has 0 aliphatic carbocycles. The Morgan fingerprint density at radius 3 is 2.81 bits per heavy atom. The van der Waals surface area contributed by atoms with Crippen LogP contribution in [0.4, 0.5) is 5.69 Å². The fourth-order valence-electron chi connectivity index (χ4n) is 1.66. The molecule has 3 heteroatoms. The highest BCUT2D eigenvalue weighted by Crippen LogP contribution is 2.08. The monoisotopic (exact) mass is 222 g/mol. The molecule has 3 nitrogen and oxygen atoms in total. The number of benzene rings is 1. The van der Waals surface area contributed by atoms with Crippen molar-refractivity contribution < 1.29 is 4.74 Å². The van der Waals surface area contributed by atoms with E-state index in [9.17, 15) is 0 Å². The van der Waals surface area contributed by atoms with Crippen LogP contribution in [0.15, 0.2) is 24.3 Å². The van der Waals surface area contributed by atoms with Gasteiger partial charge in [0, 0.05) is 19.3 Å². The number of likely N-dealkylation sites (N-methyl/N-ethyl adjacent to an activating group) is 1. The predicted molar refractivity (Wildman–Crippen MR) is 68.5 cm³/mol. The molecule has 1 aromatic carbocycles. The number of hydrogen-bond donors (Lipinski definition) is 1. The van der Waals surface area contributed by atoms with Crippen LogP contribution in [0, 0.1) is 0 Å². The highest BCUT2D eigenvalue weighted by Gasteiger charge is 1.98. The van der Waals surface area contributed by atoms with E-state index >= 15 is 0 Å². The van der Waals surface area contributed by atoms with E-state index in [1.165, 1.54) is 5.56 Å². The van der Waals surface area contributed by atoms with Crippen LogP contribution in [0.5, 0.6) is 0 Å². The van der Waals surface area contributed by atoms with Gasteiger partial charge in [0.25, 0.3) is 0 Å². The molecule has 0 amide bonds. The van der Waals surface area contributed by atoms with Crippen LogP contribution in [-0.4, -0.2) is 38.8 Å². The molecule has 0 atom stereocenters. The first-order valence-corrected chi connectivity index (χ1v) is 5.74. The fraction of sp³-hybridized carbons (Fsp3) is 0.538. The minimum atomic E-state index is 0.800. The van der Waals surface area contributed by atoms with Gasteiger partial charge in [-0.15, -0.1) is 0 Å². The summed E-state index contributed by atoms with van der Waals surface area (Å²) in [4.78, 5) is 2.29. The van der Waals surface area contributed by atoms with E-state index in [0.29, 0.717) is 0 Å². The second-order valence-corrected chi connectivity index (χ2v) is 4.14. The third-order valence-corrected chi connectivity index (χ3v) is 2.63. The van der Waals surface area contributed by atoms with E-state index in [0.717, 1.165) is 38.2 Å². The van der Waals surface area contributed by atoms with E-state index in [1.54, 1.807) is 7.11 Å². The van der Waals surface area contributed by atoms with Crippen LogP contribution in [0.25, 0.3) is 0 Å². The number of nitrogens with zero attached hydrogens (tertiary/aromatic N) is 1. The maximum absolute atomic E-state index is 5.73. The van der Waals surface area contributed by atoms with Gasteiger partial charge in [-0.1, -0.05) is 12.1 Å². The Kier molecular flexibility index (Phi) is 5.90. The van der Waals surface area contributed by atoms with Crippen molar-refractivity contribution >= 4 is 5.69 Å². The summed E-state index contributed by atoms with van der Waals surface area (Å²) in [7, 11) is 3.86. The lowest BCUT2D eigenvalue weighted by Crippen LogP contribution is -2.24. The first kappa shape index (κ1) is 13.0. The zero-order valence-corrected chi connectivity index (χ0v) is 10.3. The number of rotatable bonds is 7. The normalized spacial score (nSPS) is 10.9. The van der Waals surface area contributed by atoms with Crippen molar-refractivity contribution in [1.29, 1.82) is 0 Å². The summed E-state index contributed by atoms with van der Waals surface area (Å²) in [5.41, 5.74) is 7.90. The van der Waals surface area contributed by atoms with Crippen molar-refractivity contribution in [2.75, 3.05) is 39.6 Å². The van der Waals surface area contributed by atoms with Crippen molar-refractivity contribution in [3.8, 4) is 0 Å². The Morgan fingerprint density at radius 2 is 2.12 bits per heavy atom. The van der Waals surface area contributed by atoms with Crippen molar-refractivity contribution in [2.24, 2.45) is 0 Å². The van der Waals surface area contributed by atoms with Crippen molar-refractivity contribution in [3.63, 3.8) is 0 Å². The molecule has 90 valence electrons. The summed E-state index contributed by atoms with van der Waals surface area (Å²) in [6.07, 6.45) is 2.24. The summed E-state index contributed by atoms with van der Waals surface area (Å²) in [5, 5.41) is 0. The third kappa shape index (κ3) is 5.14. The lowest BCUT2D eigenvalue weighted by atomic mass is 10.1. The lowest BCUT2D eigenvalue weighted by molar-refractivity contribution is 0.161. The van der Waals surface area contributed by atoms with Gasteiger partial charge in [-0.05, 0) is 44.1 Å². The van der Waals surface area contributed by atoms with Crippen LogP contribution >= 0.6 is 0 Å². The molecule has 0 aliphatic rings. The third-order valence-electron chi connectivity index (χ3n) is 2.63. The largest absolute Gasteiger partial charge is 0.399 e. The summed E-state index contributed by atoms with van der Waals surface area (Å²) in [6, 6.07) is 8.12. The minimum absolute atomic E-state index is 0.800. The topological polar surface area (TPSA) is 38.5 Å². The highest BCUT2D eigenvalue weighted by molar-refractivity contribution is 5.40. The second kappa shape index (κ2) is 7.25. The molecule has 0 fully saturated rings. The van der Waals surface area contributed by atoms with Crippen molar-refractivity contribution in [2.45, 2.75) is 12.8 Å². The average Bonchev–Trinajstić information content (AvgIpc) is 2.26. The van der Waals surface area contributed by atoms with Crippen LogP contribution in [0.3, 0.4) is 0 Å². The molecule has 0 unspecified atom stereocenters. The van der Waals surface area contributed by atoms with Crippen LogP contribution < -0.4 is 5.73 Å². The van der Waals surface area contributed by atoms with Crippen LogP contribution in [0.2, 0.25) is 0 Å². The molecule has 0 saturated heterocycles. The highest BCUT2D eigenvalue weighted by atomic mass is 16.5. The molecular weight excluding hydrogens is 200 g/mol. The molecule has 0 aromatic heterocycles. The summed E-state index contributed by atoms with van der Waals surface area (Å²) in [5.74, 6) is 0. The second-order valence-electron chi connectivity index (χ2n) is 4.14. The Morgan fingerprint density at radius 1 is 1.31 bits per heavy atom. The maximum atomic E-state index is 5.73. The van der Waals surface area contributed by atoms with Gasteiger partial charge >= 0.3 is 0 Å². The van der Waals surface area contributed by atoms with Crippen molar-refractivity contribution in [3.05, 3.63) is 29.8 Å². The molecule has 0 aliphatic heterocycles. The smallest absolute Gasteiger partial charge is 0.0589 e. The zero-order valence-electron chi connectivity index (χ0n) is 10.3. The van der Waals surface area contributed by atoms with Crippen molar-refractivity contribution in [1.82, 2.24) is 4.90 Å². The Hall–Kier alpha value is -1.06. The van der Waals surface area contributed by atoms with Gasteiger partial charge < -0.3 is 15.4 Å². The maximum Gasteiger partial charge on any atom is 0.0589 e. The van der Waals surface area contributed by atoms with E-state index in [-0.39, 0.29) is 0 Å². The molecule has 0 bridgehead atoms. The SMILES string of the molecule is COCCN(C)CCCc1cccc(N)c1. The molecule has 0 spiro atoms. The van der Waals surface area contributed by atoms with Gasteiger partial charge in [0.15, 0.2) is 0 Å². The number of hydrogen-bond acceptors (Lipinski definition) is 3. The molecule has 16 heavy (non-hydrogen) atoms. The first-order chi connectivity index (χ1) is 7.72. The first-order valence-electron chi connectivity index (χ1n) is 5.74. The van der Waals surface area contributed by atoms with Gasteiger partial charge in [0.2, 0.25) is 0 Å². The van der Waals surface area contributed by atoms with E-state index in [4.69, 9.17) is 10.5 Å². The Labute approximate surface area is 98.2 Å². The van der Waals surface area contributed by atoms with Gasteiger partial charge in [-0.2, -0.15) is 0 Å². The Balaban J connectivity index is 2.20. The number of aryl methyl sites for hydroxylation is 1. The van der Waals surface area contributed by atoms with Crippen LogP contribution in [-0.2, 0) is 11.2 Å². The molecule has 0 saturated carbocycles. The summed E-state index contributed by atoms with van der Waals surface area (Å²) in [6.45, 7) is 2.89. The minimum Gasteiger partial charge on any atom is -0.399 e. The van der Waals surface area contributed by atoms with E-state index in [1.807, 2.05) is 12.1 Å². The fourth-order valence-corrected chi connectivity index (χ4v) is 1.66. The Bertz CT molecular complexity index is 302. The van der Waals surface area contributed by atoms with Gasteiger partial charge in [0.05, 0.1) is 6.61 Å². The summed E-state index contributed by atoms with van der Waals surface area (Å²) < 4.78 is 5.03. The molecule has 0 radical (unpaired) electrons. The number of anilines is 1. The zero-order chi connectivity index (χ0) is 11.8. The van der Waals surface area contributed by atoms with E-state index < -0.39 is 0 Å². The van der Waals surface area contributed by atoms with Crippen LogP contribution in [0.1, 0.15) is 12.0 Å². The number of nitrogen functional groups attached to an aromatic ring is 1. The standard InChI is InChI=1S/C13H22N2O/c1-15(9-10-16-2)8-4-6-12-5-3-7-13(14)11-12/h3,5,7,11H,4,6,8-10,14H2,1-2H3. The molecular formula is C13H22N2O. The molecule has 1 rings (SSSR count). The average molecular weight is 222 g/mol. The van der Waals surface area contributed by atoms with Gasteiger partial charge in [-0.25, -0.2) is 0 Å². The van der Waals surface area contributed by atoms with Gasteiger partial charge in [0.1, 0.15) is 0 Å². The molecule has 0 heterocycles. The predicted octanol–water partition coefficient (Wildman–Crippen LogP) is 1.78.